The summed E-state index contributed by atoms with van der Waals surface area (Å²) < 4.78 is 0. The van der Waals surface area contributed by atoms with Crippen molar-refractivity contribution in [1.29, 1.82) is 0 Å². The van der Waals surface area contributed by atoms with E-state index in [0.29, 0.717) is 10.6 Å². The summed E-state index contributed by atoms with van der Waals surface area (Å²) in [5.74, 6) is 0.643. The van der Waals surface area contributed by atoms with Gasteiger partial charge in [-0.1, -0.05) is 17.7 Å². The van der Waals surface area contributed by atoms with Crippen LogP contribution < -0.4 is 10.2 Å². The maximum Gasteiger partial charge on any atom is 0.252 e. The number of hydrogen-bond acceptors (Lipinski definition) is 3. The van der Waals surface area contributed by atoms with E-state index >= 15 is 0 Å². The Bertz CT molecular complexity index is 641. The van der Waals surface area contributed by atoms with Gasteiger partial charge in [-0.05, 0) is 29.8 Å². The minimum absolute atomic E-state index is 0.202. The van der Waals surface area contributed by atoms with Gasteiger partial charge in [-0.15, -0.1) is 0 Å². The minimum atomic E-state index is -0.202. The molecule has 5 heteroatoms. The molecule has 1 amide bonds. The van der Waals surface area contributed by atoms with Crippen LogP contribution in [0.4, 0.5) is 5.82 Å². The number of anilines is 1. The first kappa shape index (κ1) is 14.3. The highest BCUT2D eigenvalue weighted by atomic mass is 35.5. The second-order valence-electron chi connectivity index (χ2n) is 4.54. The predicted octanol–water partition coefficient (Wildman–Crippen LogP) is 2.83. The summed E-state index contributed by atoms with van der Waals surface area (Å²) >= 11 is 6.07. The van der Waals surface area contributed by atoms with Gasteiger partial charge < -0.3 is 10.2 Å². The van der Waals surface area contributed by atoms with Crippen molar-refractivity contribution in [3.05, 3.63) is 47.1 Å². The Kier molecular flexibility index (Phi) is 4.25. The average molecular weight is 290 g/mol. The molecule has 0 saturated heterocycles. The molecule has 0 radical (unpaired) electrons. The molecule has 2 aromatic rings. The van der Waals surface area contributed by atoms with E-state index in [9.17, 15) is 4.79 Å². The monoisotopic (exact) mass is 289 g/mol. The zero-order chi connectivity index (χ0) is 14.7. The van der Waals surface area contributed by atoms with Crippen LogP contribution in [0.5, 0.6) is 0 Å². The van der Waals surface area contributed by atoms with Gasteiger partial charge in [0.2, 0.25) is 0 Å². The van der Waals surface area contributed by atoms with E-state index in [0.717, 1.165) is 16.9 Å². The third-order valence-corrected chi connectivity index (χ3v) is 3.29. The molecule has 0 atom stereocenters. The topological polar surface area (TPSA) is 45.2 Å². The van der Waals surface area contributed by atoms with E-state index in [1.165, 1.54) is 0 Å². The van der Waals surface area contributed by atoms with E-state index in [2.05, 4.69) is 10.3 Å². The van der Waals surface area contributed by atoms with Crippen molar-refractivity contribution in [2.24, 2.45) is 0 Å². The van der Waals surface area contributed by atoms with Gasteiger partial charge in [0, 0.05) is 32.9 Å². The van der Waals surface area contributed by atoms with E-state index in [-0.39, 0.29) is 5.91 Å². The summed E-state index contributed by atoms with van der Waals surface area (Å²) in [6.07, 6.45) is 1.74. The second-order valence-corrected chi connectivity index (χ2v) is 4.95. The van der Waals surface area contributed by atoms with E-state index in [1.807, 2.05) is 37.2 Å². The number of hydrogen-bond donors (Lipinski definition) is 1. The Morgan fingerprint density at radius 2 is 2.05 bits per heavy atom. The van der Waals surface area contributed by atoms with Gasteiger partial charge in [-0.2, -0.15) is 0 Å². The molecule has 0 saturated carbocycles. The van der Waals surface area contributed by atoms with E-state index < -0.39 is 0 Å². The maximum absolute atomic E-state index is 11.8. The predicted molar refractivity (Wildman–Crippen MR) is 82.4 cm³/mol. The number of benzene rings is 1. The first-order valence-corrected chi connectivity index (χ1v) is 6.56. The molecule has 20 heavy (non-hydrogen) atoms. The summed E-state index contributed by atoms with van der Waals surface area (Å²) in [5.41, 5.74) is 2.32. The Balaban J connectivity index is 2.57. The molecule has 1 N–H and O–H groups in total. The van der Waals surface area contributed by atoms with Crippen molar-refractivity contribution < 1.29 is 4.79 Å². The van der Waals surface area contributed by atoms with Crippen LogP contribution in [-0.4, -0.2) is 32.0 Å². The van der Waals surface area contributed by atoms with Crippen LogP contribution in [0.25, 0.3) is 11.1 Å². The molecular weight excluding hydrogens is 274 g/mol. The van der Waals surface area contributed by atoms with Crippen molar-refractivity contribution in [3.63, 3.8) is 0 Å². The summed E-state index contributed by atoms with van der Waals surface area (Å²) in [7, 11) is 5.45. The fourth-order valence-corrected chi connectivity index (χ4v) is 2.18. The Morgan fingerprint density at radius 1 is 1.30 bits per heavy atom. The molecule has 0 aliphatic carbocycles. The maximum atomic E-state index is 11.8. The van der Waals surface area contributed by atoms with Crippen molar-refractivity contribution in [2.45, 2.75) is 0 Å². The molecule has 0 aliphatic rings. The number of pyridine rings is 1. The molecule has 0 spiro atoms. The summed E-state index contributed by atoms with van der Waals surface area (Å²) in [6, 6.07) is 9.24. The van der Waals surface area contributed by atoms with Gasteiger partial charge in [-0.3, -0.25) is 4.79 Å². The van der Waals surface area contributed by atoms with Crippen LogP contribution in [0, 0.1) is 0 Å². The zero-order valence-corrected chi connectivity index (χ0v) is 12.4. The van der Waals surface area contributed by atoms with E-state index in [4.69, 9.17) is 11.6 Å². The molecule has 4 nitrogen and oxygen atoms in total. The van der Waals surface area contributed by atoms with Crippen molar-refractivity contribution in [3.8, 4) is 11.1 Å². The first-order chi connectivity index (χ1) is 9.54. The highest BCUT2D eigenvalue weighted by Gasteiger charge is 2.13. The lowest BCUT2D eigenvalue weighted by atomic mass is 10.0. The summed E-state index contributed by atoms with van der Waals surface area (Å²) in [4.78, 5) is 18.1. The molecule has 2 rings (SSSR count). The third kappa shape index (κ3) is 2.75. The molecule has 1 aromatic heterocycles. The Labute approximate surface area is 123 Å². The SMILES string of the molecule is CNC(=O)c1cc(-c2cccnc2N(C)C)ccc1Cl. The quantitative estimate of drug-likeness (QED) is 0.945. The summed E-state index contributed by atoms with van der Waals surface area (Å²) in [5, 5.41) is 3.02. The molecule has 1 aromatic carbocycles. The highest BCUT2D eigenvalue weighted by Crippen LogP contribution is 2.30. The average Bonchev–Trinajstić information content (AvgIpc) is 2.47. The number of nitrogens with zero attached hydrogens (tertiary/aromatic N) is 2. The van der Waals surface area contributed by atoms with Gasteiger partial charge in [0.05, 0.1) is 10.6 Å². The van der Waals surface area contributed by atoms with Crippen molar-refractivity contribution in [1.82, 2.24) is 10.3 Å². The van der Waals surface area contributed by atoms with Gasteiger partial charge >= 0.3 is 0 Å². The molecule has 0 bridgehead atoms. The van der Waals surface area contributed by atoms with Crippen molar-refractivity contribution in [2.75, 3.05) is 26.0 Å². The number of aromatic nitrogens is 1. The lowest BCUT2D eigenvalue weighted by Crippen LogP contribution is -2.18. The number of rotatable bonds is 3. The highest BCUT2D eigenvalue weighted by molar-refractivity contribution is 6.34. The molecule has 104 valence electrons. The number of halogens is 1. The molecule has 0 aliphatic heterocycles. The lowest BCUT2D eigenvalue weighted by Gasteiger charge is -2.16. The van der Waals surface area contributed by atoms with Gasteiger partial charge in [0.15, 0.2) is 0 Å². The molecule has 0 fully saturated rings. The standard InChI is InChI=1S/C15H16ClN3O/c1-17-15(20)12-9-10(6-7-13(12)16)11-5-4-8-18-14(11)19(2)3/h4-9H,1-3H3,(H,17,20). The largest absolute Gasteiger partial charge is 0.362 e. The zero-order valence-electron chi connectivity index (χ0n) is 11.6. The van der Waals surface area contributed by atoms with Crippen LogP contribution in [-0.2, 0) is 0 Å². The lowest BCUT2D eigenvalue weighted by molar-refractivity contribution is 0.0963. The molecule has 0 unspecified atom stereocenters. The van der Waals surface area contributed by atoms with Crippen LogP contribution >= 0.6 is 11.6 Å². The fraction of sp³-hybridized carbons (Fsp3) is 0.200. The molecular formula is C15H16ClN3O. The summed E-state index contributed by atoms with van der Waals surface area (Å²) in [6.45, 7) is 0. The fourth-order valence-electron chi connectivity index (χ4n) is 1.98. The van der Waals surface area contributed by atoms with Gasteiger partial charge in [0.25, 0.3) is 5.91 Å². The Hall–Kier alpha value is -2.07. The number of carbonyl (C=O) groups excluding carboxylic acids is 1. The smallest absolute Gasteiger partial charge is 0.252 e. The van der Waals surface area contributed by atoms with Crippen LogP contribution in [0.2, 0.25) is 5.02 Å². The van der Waals surface area contributed by atoms with Crippen LogP contribution in [0.1, 0.15) is 10.4 Å². The van der Waals surface area contributed by atoms with Gasteiger partial charge in [-0.25, -0.2) is 4.98 Å². The van der Waals surface area contributed by atoms with Crippen LogP contribution in [0.3, 0.4) is 0 Å². The minimum Gasteiger partial charge on any atom is -0.362 e. The van der Waals surface area contributed by atoms with E-state index in [1.54, 1.807) is 25.4 Å². The number of carbonyl (C=O) groups is 1. The van der Waals surface area contributed by atoms with Crippen molar-refractivity contribution >= 4 is 23.3 Å². The third-order valence-electron chi connectivity index (χ3n) is 2.96. The normalized spacial score (nSPS) is 10.2. The second kappa shape index (κ2) is 5.92. The molecule has 1 heterocycles. The number of amides is 1. The van der Waals surface area contributed by atoms with Gasteiger partial charge in [0.1, 0.15) is 5.82 Å². The number of nitrogens with one attached hydrogen (secondary N) is 1. The Morgan fingerprint density at radius 3 is 2.70 bits per heavy atom. The van der Waals surface area contributed by atoms with Crippen LogP contribution in [0.15, 0.2) is 36.5 Å². The first-order valence-electron chi connectivity index (χ1n) is 6.19.